The van der Waals surface area contributed by atoms with Gasteiger partial charge in [0, 0.05) is 36.9 Å². The molecule has 0 radical (unpaired) electrons. The van der Waals surface area contributed by atoms with Crippen LogP contribution in [0.2, 0.25) is 5.02 Å². The van der Waals surface area contributed by atoms with Gasteiger partial charge in [0.1, 0.15) is 0 Å². The second-order valence-corrected chi connectivity index (χ2v) is 9.35. The van der Waals surface area contributed by atoms with Crippen LogP contribution in [-0.2, 0) is 10.0 Å². The van der Waals surface area contributed by atoms with Gasteiger partial charge in [-0.3, -0.25) is 0 Å². The lowest BCUT2D eigenvalue weighted by molar-refractivity contribution is 0.268. The molecule has 2 aromatic carbocycles. The molecule has 27 heavy (non-hydrogen) atoms. The summed E-state index contributed by atoms with van der Waals surface area (Å²) in [6.07, 6.45) is 0. The van der Waals surface area contributed by atoms with Crippen LogP contribution < -0.4 is 5.32 Å². The molecular formula is C19H22ClN3O2S2. The fourth-order valence-electron chi connectivity index (χ4n) is 2.95. The molecule has 0 aromatic heterocycles. The molecule has 0 aliphatic carbocycles. The van der Waals surface area contributed by atoms with E-state index in [2.05, 4.69) is 23.5 Å². The number of aryl methyl sites for hydroxylation is 2. The first kappa shape index (κ1) is 20.1. The zero-order valence-electron chi connectivity index (χ0n) is 15.3. The molecule has 0 amide bonds. The summed E-state index contributed by atoms with van der Waals surface area (Å²) in [7, 11) is -3.51. The molecule has 1 saturated heterocycles. The van der Waals surface area contributed by atoms with Crippen LogP contribution >= 0.6 is 23.8 Å². The minimum Gasteiger partial charge on any atom is -0.346 e. The Bertz CT molecular complexity index is 938. The summed E-state index contributed by atoms with van der Waals surface area (Å²) >= 11 is 11.4. The van der Waals surface area contributed by atoms with Crippen LogP contribution in [0.15, 0.2) is 47.4 Å². The van der Waals surface area contributed by atoms with Gasteiger partial charge in [0.2, 0.25) is 10.0 Å². The van der Waals surface area contributed by atoms with Gasteiger partial charge in [-0.25, -0.2) is 8.42 Å². The predicted molar refractivity (Wildman–Crippen MR) is 114 cm³/mol. The molecule has 0 unspecified atom stereocenters. The van der Waals surface area contributed by atoms with E-state index in [9.17, 15) is 8.42 Å². The van der Waals surface area contributed by atoms with Gasteiger partial charge in [-0.2, -0.15) is 4.31 Å². The number of piperazine rings is 1. The number of nitrogens with zero attached hydrogens (tertiary/aromatic N) is 2. The smallest absolute Gasteiger partial charge is 0.243 e. The van der Waals surface area contributed by atoms with Gasteiger partial charge in [-0.05, 0) is 67.5 Å². The first-order valence-corrected chi connectivity index (χ1v) is 10.9. The number of hydrogen-bond donors (Lipinski definition) is 1. The maximum Gasteiger partial charge on any atom is 0.243 e. The standard InChI is InChI=1S/C19H22ClN3O2S2/c1-14-3-4-15(2)18(13-14)21-19(26)22-9-11-23(12-10-22)27(24,25)17-7-5-16(20)6-8-17/h3-8,13H,9-12H2,1-2H3,(H,21,26). The topological polar surface area (TPSA) is 52.6 Å². The van der Waals surface area contributed by atoms with E-state index in [0.29, 0.717) is 36.3 Å². The largest absolute Gasteiger partial charge is 0.346 e. The normalized spacial score (nSPS) is 15.6. The van der Waals surface area contributed by atoms with Gasteiger partial charge in [0.05, 0.1) is 4.90 Å². The Balaban J connectivity index is 1.63. The van der Waals surface area contributed by atoms with Crippen molar-refractivity contribution in [3.63, 3.8) is 0 Å². The summed E-state index contributed by atoms with van der Waals surface area (Å²) in [5.41, 5.74) is 3.26. The minimum atomic E-state index is -3.51. The van der Waals surface area contributed by atoms with E-state index in [1.807, 2.05) is 18.7 Å². The fourth-order valence-corrected chi connectivity index (χ4v) is 4.79. The maximum absolute atomic E-state index is 12.8. The third-order valence-corrected chi connectivity index (χ3v) is 7.14. The number of rotatable bonds is 3. The molecule has 1 heterocycles. The monoisotopic (exact) mass is 423 g/mol. The molecule has 5 nitrogen and oxygen atoms in total. The Morgan fingerprint density at radius 1 is 1.04 bits per heavy atom. The quantitative estimate of drug-likeness (QED) is 0.763. The SMILES string of the molecule is Cc1ccc(C)c(NC(=S)N2CCN(S(=O)(=O)c3ccc(Cl)cc3)CC2)c1. The Kier molecular flexibility index (Phi) is 6.05. The van der Waals surface area contributed by atoms with E-state index < -0.39 is 10.0 Å². The molecular weight excluding hydrogens is 402 g/mol. The van der Waals surface area contributed by atoms with E-state index in [1.165, 1.54) is 16.4 Å². The highest BCUT2D eigenvalue weighted by Gasteiger charge is 2.29. The van der Waals surface area contributed by atoms with Crippen molar-refractivity contribution < 1.29 is 8.42 Å². The van der Waals surface area contributed by atoms with Gasteiger partial charge in [-0.15, -0.1) is 0 Å². The molecule has 1 N–H and O–H groups in total. The number of benzene rings is 2. The summed E-state index contributed by atoms with van der Waals surface area (Å²) < 4.78 is 27.0. The zero-order chi connectivity index (χ0) is 19.6. The van der Waals surface area contributed by atoms with Crippen LogP contribution in [0.25, 0.3) is 0 Å². The number of anilines is 1. The van der Waals surface area contributed by atoms with E-state index in [-0.39, 0.29) is 4.90 Å². The van der Waals surface area contributed by atoms with Crippen LogP contribution in [-0.4, -0.2) is 48.9 Å². The van der Waals surface area contributed by atoms with Crippen molar-refractivity contribution >= 4 is 44.6 Å². The number of sulfonamides is 1. The summed E-state index contributed by atoms with van der Waals surface area (Å²) in [5, 5.41) is 4.42. The molecule has 1 aliphatic heterocycles. The second kappa shape index (κ2) is 8.14. The Hall–Kier alpha value is -1.67. The summed E-state index contributed by atoms with van der Waals surface area (Å²) in [6, 6.07) is 12.4. The van der Waals surface area contributed by atoms with Crippen molar-refractivity contribution in [1.82, 2.24) is 9.21 Å². The van der Waals surface area contributed by atoms with Crippen LogP contribution in [0.4, 0.5) is 5.69 Å². The zero-order valence-corrected chi connectivity index (χ0v) is 17.7. The molecule has 2 aromatic rings. The molecule has 0 bridgehead atoms. The molecule has 1 fully saturated rings. The fraction of sp³-hybridized carbons (Fsp3) is 0.316. The van der Waals surface area contributed by atoms with Gasteiger partial charge in [0.15, 0.2) is 5.11 Å². The molecule has 1 aliphatic rings. The van der Waals surface area contributed by atoms with Gasteiger partial charge >= 0.3 is 0 Å². The van der Waals surface area contributed by atoms with E-state index in [1.54, 1.807) is 12.1 Å². The van der Waals surface area contributed by atoms with Crippen molar-refractivity contribution in [3.8, 4) is 0 Å². The van der Waals surface area contributed by atoms with Crippen molar-refractivity contribution in [1.29, 1.82) is 0 Å². The average Bonchev–Trinajstić information content (AvgIpc) is 2.65. The lowest BCUT2D eigenvalue weighted by Crippen LogP contribution is -2.51. The number of nitrogens with one attached hydrogen (secondary N) is 1. The Morgan fingerprint density at radius 2 is 1.67 bits per heavy atom. The third-order valence-electron chi connectivity index (χ3n) is 4.61. The van der Waals surface area contributed by atoms with E-state index in [4.69, 9.17) is 23.8 Å². The highest BCUT2D eigenvalue weighted by molar-refractivity contribution is 7.89. The van der Waals surface area contributed by atoms with Crippen molar-refractivity contribution in [2.45, 2.75) is 18.7 Å². The van der Waals surface area contributed by atoms with Crippen molar-refractivity contribution in [3.05, 3.63) is 58.6 Å². The molecule has 3 rings (SSSR count). The maximum atomic E-state index is 12.8. The number of halogens is 1. The van der Waals surface area contributed by atoms with E-state index in [0.717, 1.165) is 16.8 Å². The second-order valence-electron chi connectivity index (χ2n) is 6.59. The summed E-state index contributed by atoms with van der Waals surface area (Å²) in [4.78, 5) is 2.27. The van der Waals surface area contributed by atoms with Crippen LogP contribution in [0.1, 0.15) is 11.1 Å². The molecule has 144 valence electrons. The minimum absolute atomic E-state index is 0.261. The van der Waals surface area contributed by atoms with E-state index >= 15 is 0 Å². The molecule has 0 saturated carbocycles. The van der Waals surface area contributed by atoms with Crippen molar-refractivity contribution in [2.24, 2.45) is 0 Å². The Labute approximate surface area is 171 Å². The average molecular weight is 424 g/mol. The summed E-state index contributed by atoms with van der Waals surface area (Å²) in [5.74, 6) is 0. The lowest BCUT2D eigenvalue weighted by atomic mass is 10.1. The molecule has 0 atom stereocenters. The third kappa shape index (κ3) is 4.60. The van der Waals surface area contributed by atoms with Crippen LogP contribution in [0.5, 0.6) is 0 Å². The molecule has 8 heteroatoms. The van der Waals surface area contributed by atoms with Crippen LogP contribution in [0.3, 0.4) is 0 Å². The van der Waals surface area contributed by atoms with Gasteiger partial charge in [0.25, 0.3) is 0 Å². The predicted octanol–water partition coefficient (Wildman–Crippen LogP) is 3.66. The Morgan fingerprint density at radius 3 is 2.30 bits per heavy atom. The van der Waals surface area contributed by atoms with Gasteiger partial charge in [-0.1, -0.05) is 23.7 Å². The van der Waals surface area contributed by atoms with Gasteiger partial charge < -0.3 is 10.2 Å². The van der Waals surface area contributed by atoms with Crippen molar-refractivity contribution in [2.75, 3.05) is 31.5 Å². The number of hydrogen-bond acceptors (Lipinski definition) is 3. The highest BCUT2D eigenvalue weighted by Crippen LogP contribution is 2.21. The first-order valence-electron chi connectivity index (χ1n) is 8.66. The number of thiocarbonyl (C=S) groups is 1. The van der Waals surface area contributed by atoms with Crippen LogP contribution in [0, 0.1) is 13.8 Å². The highest BCUT2D eigenvalue weighted by atomic mass is 35.5. The first-order chi connectivity index (χ1) is 12.8. The summed E-state index contributed by atoms with van der Waals surface area (Å²) in [6.45, 7) is 5.93. The molecule has 0 spiro atoms. The lowest BCUT2D eigenvalue weighted by Gasteiger charge is -2.35.